The summed E-state index contributed by atoms with van der Waals surface area (Å²) in [6.45, 7) is 0. The molecule has 0 aliphatic carbocycles. The van der Waals surface area contributed by atoms with Gasteiger partial charge in [0.05, 0.1) is 5.56 Å². The van der Waals surface area contributed by atoms with Crippen LogP contribution in [0.1, 0.15) is 21.6 Å². The molecule has 0 saturated heterocycles. The molecule has 0 radical (unpaired) electrons. The van der Waals surface area contributed by atoms with E-state index in [2.05, 4.69) is 9.97 Å². The minimum atomic E-state index is -4.62. The normalized spacial score (nSPS) is 11.4. The van der Waals surface area contributed by atoms with Crippen molar-refractivity contribution in [3.63, 3.8) is 0 Å². The van der Waals surface area contributed by atoms with Crippen molar-refractivity contribution in [2.24, 2.45) is 0 Å². The predicted molar refractivity (Wildman–Crippen MR) is 66.9 cm³/mol. The van der Waals surface area contributed by atoms with Gasteiger partial charge in [-0.1, -0.05) is 23.2 Å². The van der Waals surface area contributed by atoms with Crippen molar-refractivity contribution in [1.29, 1.82) is 0 Å². The first-order valence-electron chi connectivity index (χ1n) is 5.19. The van der Waals surface area contributed by atoms with Crippen molar-refractivity contribution in [3.05, 3.63) is 57.6 Å². The van der Waals surface area contributed by atoms with Crippen LogP contribution in [0.25, 0.3) is 0 Å². The third-order valence-corrected chi connectivity index (χ3v) is 2.89. The first-order valence-corrected chi connectivity index (χ1v) is 5.94. The van der Waals surface area contributed by atoms with Crippen LogP contribution in [0.3, 0.4) is 0 Å². The minimum absolute atomic E-state index is 0.135. The van der Waals surface area contributed by atoms with Gasteiger partial charge in [0.15, 0.2) is 5.78 Å². The van der Waals surface area contributed by atoms with Gasteiger partial charge in [0.2, 0.25) is 0 Å². The Morgan fingerprint density at radius 2 is 1.80 bits per heavy atom. The molecule has 0 unspecified atom stereocenters. The zero-order valence-corrected chi connectivity index (χ0v) is 11.1. The molecule has 0 aromatic carbocycles. The van der Waals surface area contributed by atoms with Gasteiger partial charge in [-0.05, 0) is 24.3 Å². The predicted octanol–water partition coefficient (Wildman–Crippen LogP) is 4.03. The number of ketones is 1. The number of alkyl halides is 3. The average Bonchev–Trinajstić information content (AvgIpc) is 2.37. The molecule has 2 heterocycles. The van der Waals surface area contributed by atoms with Gasteiger partial charge in [-0.25, -0.2) is 9.97 Å². The molecular weight excluding hydrogens is 316 g/mol. The number of hydrogen-bond donors (Lipinski definition) is 0. The van der Waals surface area contributed by atoms with Gasteiger partial charge >= 0.3 is 6.18 Å². The highest BCUT2D eigenvalue weighted by Gasteiger charge is 2.33. The van der Waals surface area contributed by atoms with Gasteiger partial charge < -0.3 is 0 Å². The Balaban J connectivity index is 2.38. The minimum Gasteiger partial charge on any atom is -0.288 e. The van der Waals surface area contributed by atoms with Gasteiger partial charge in [0, 0.05) is 11.8 Å². The lowest BCUT2D eigenvalue weighted by Gasteiger charge is -2.08. The van der Waals surface area contributed by atoms with E-state index < -0.39 is 22.8 Å². The van der Waals surface area contributed by atoms with Crippen molar-refractivity contribution < 1.29 is 18.0 Å². The van der Waals surface area contributed by atoms with Gasteiger partial charge in [-0.15, -0.1) is 0 Å². The van der Waals surface area contributed by atoms with Crippen LogP contribution >= 0.6 is 23.2 Å². The number of nitrogens with zero attached hydrogens (tertiary/aromatic N) is 2. The Labute approximate surface area is 121 Å². The third-order valence-electron chi connectivity index (χ3n) is 2.37. The standard InChI is InChI=1S/C12H5Cl2F3N2O/c13-9-4-1-6(5-18-9)10(20)7-2-3-8(12(15,16)17)19-11(7)14/h1-5H. The Bertz CT molecular complexity index is 657. The van der Waals surface area contributed by atoms with E-state index in [-0.39, 0.29) is 16.3 Å². The highest BCUT2D eigenvalue weighted by atomic mass is 35.5. The summed E-state index contributed by atoms with van der Waals surface area (Å²) in [6.07, 6.45) is -3.41. The van der Waals surface area contributed by atoms with E-state index in [0.717, 1.165) is 6.07 Å². The quantitative estimate of drug-likeness (QED) is 0.619. The second-order valence-electron chi connectivity index (χ2n) is 3.73. The summed E-state index contributed by atoms with van der Waals surface area (Å²) in [5.41, 5.74) is -1.14. The third kappa shape index (κ3) is 3.08. The van der Waals surface area contributed by atoms with Crippen LogP contribution in [0.4, 0.5) is 13.2 Å². The second kappa shape index (κ2) is 5.38. The van der Waals surface area contributed by atoms with E-state index in [1.807, 2.05) is 0 Å². The van der Waals surface area contributed by atoms with Crippen LogP contribution in [0.5, 0.6) is 0 Å². The fourth-order valence-electron chi connectivity index (χ4n) is 1.43. The Kier molecular flexibility index (Phi) is 3.96. The Hall–Kier alpha value is -1.66. The van der Waals surface area contributed by atoms with E-state index in [1.54, 1.807) is 0 Å². The topological polar surface area (TPSA) is 42.9 Å². The highest BCUT2D eigenvalue weighted by Crippen LogP contribution is 2.30. The van der Waals surface area contributed by atoms with E-state index in [1.165, 1.54) is 18.3 Å². The van der Waals surface area contributed by atoms with Crippen LogP contribution < -0.4 is 0 Å². The Morgan fingerprint density at radius 1 is 1.10 bits per heavy atom. The number of halogens is 5. The number of hydrogen-bond acceptors (Lipinski definition) is 3. The van der Waals surface area contributed by atoms with Crippen LogP contribution in [0.2, 0.25) is 10.3 Å². The van der Waals surface area contributed by atoms with Gasteiger partial charge in [0.1, 0.15) is 16.0 Å². The van der Waals surface area contributed by atoms with Crippen molar-refractivity contribution in [2.75, 3.05) is 0 Å². The molecule has 20 heavy (non-hydrogen) atoms. The molecule has 0 N–H and O–H groups in total. The molecule has 0 spiro atoms. The maximum Gasteiger partial charge on any atom is 0.433 e. The summed E-state index contributed by atoms with van der Waals surface area (Å²) in [5.74, 6) is -0.583. The van der Waals surface area contributed by atoms with E-state index in [9.17, 15) is 18.0 Å². The molecule has 0 aliphatic heterocycles. The molecule has 2 aromatic heterocycles. The molecule has 0 fully saturated rings. The maximum atomic E-state index is 12.4. The fraction of sp³-hybridized carbons (Fsp3) is 0.0833. The zero-order valence-electron chi connectivity index (χ0n) is 9.58. The molecule has 8 heteroatoms. The van der Waals surface area contributed by atoms with Gasteiger partial charge in [0.25, 0.3) is 0 Å². The lowest BCUT2D eigenvalue weighted by atomic mass is 10.1. The smallest absolute Gasteiger partial charge is 0.288 e. The maximum absolute atomic E-state index is 12.4. The molecule has 0 bridgehead atoms. The molecule has 0 saturated carbocycles. The van der Waals surface area contributed by atoms with Gasteiger partial charge in [-0.3, -0.25) is 4.79 Å². The number of aromatic nitrogens is 2. The molecule has 0 amide bonds. The second-order valence-corrected chi connectivity index (χ2v) is 4.48. The number of pyridine rings is 2. The molecule has 104 valence electrons. The SMILES string of the molecule is O=C(c1ccc(Cl)nc1)c1ccc(C(F)(F)F)nc1Cl. The molecule has 0 atom stereocenters. The van der Waals surface area contributed by atoms with E-state index in [4.69, 9.17) is 23.2 Å². The largest absolute Gasteiger partial charge is 0.433 e. The summed E-state index contributed by atoms with van der Waals surface area (Å²) in [4.78, 5) is 18.9. The fourth-order valence-corrected chi connectivity index (χ4v) is 1.78. The van der Waals surface area contributed by atoms with Crippen molar-refractivity contribution in [2.45, 2.75) is 6.18 Å². The number of carbonyl (C=O) groups excluding carboxylic acids is 1. The summed E-state index contributed by atoms with van der Waals surface area (Å²) in [5, 5.41) is -0.321. The lowest BCUT2D eigenvalue weighted by molar-refractivity contribution is -0.141. The van der Waals surface area contributed by atoms with Crippen molar-refractivity contribution >= 4 is 29.0 Å². The van der Waals surface area contributed by atoms with E-state index >= 15 is 0 Å². The number of carbonyl (C=O) groups is 1. The van der Waals surface area contributed by atoms with Gasteiger partial charge in [-0.2, -0.15) is 13.2 Å². The summed E-state index contributed by atoms with van der Waals surface area (Å²) >= 11 is 11.2. The monoisotopic (exact) mass is 320 g/mol. The van der Waals surface area contributed by atoms with E-state index in [0.29, 0.717) is 6.07 Å². The first kappa shape index (κ1) is 14.7. The highest BCUT2D eigenvalue weighted by molar-refractivity contribution is 6.34. The van der Waals surface area contributed by atoms with Crippen molar-refractivity contribution in [3.8, 4) is 0 Å². The molecule has 3 nitrogen and oxygen atoms in total. The summed E-state index contributed by atoms with van der Waals surface area (Å²) in [6, 6.07) is 4.46. The van der Waals surface area contributed by atoms with Crippen LogP contribution in [-0.2, 0) is 6.18 Å². The molecule has 2 rings (SSSR count). The van der Waals surface area contributed by atoms with Crippen LogP contribution in [-0.4, -0.2) is 15.8 Å². The van der Waals surface area contributed by atoms with Crippen LogP contribution in [0, 0.1) is 0 Å². The van der Waals surface area contributed by atoms with Crippen molar-refractivity contribution in [1.82, 2.24) is 9.97 Å². The molecule has 2 aromatic rings. The lowest BCUT2D eigenvalue weighted by Crippen LogP contribution is -2.11. The number of rotatable bonds is 2. The average molecular weight is 321 g/mol. The molecule has 0 aliphatic rings. The summed E-state index contributed by atoms with van der Waals surface area (Å²) in [7, 11) is 0. The Morgan fingerprint density at radius 3 is 2.30 bits per heavy atom. The summed E-state index contributed by atoms with van der Waals surface area (Å²) < 4.78 is 37.3. The zero-order chi connectivity index (χ0) is 14.9. The first-order chi connectivity index (χ1) is 9.29. The molecular formula is C12H5Cl2F3N2O. The van der Waals surface area contributed by atoms with Crippen LogP contribution in [0.15, 0.2) is 30.5 Å².